The molecule has 0 N–H and O–H groups in total. The number of hydrogen-bond donors (Lipinski definition) is 0. The number of anilines is 1. The second-order valence-corrected chi connectivity index (χ2v) is 14.1. The summed E-state index contributed by atoms with van der Waals surface area (Å²) in [6, 6.07) is 5.99. The molecule has 2 saturated heterocycles. The van der Waals surface area contributed by atoms with Crippen LogP contribution >= 0.6 is 0 Å². The minimum Gasteiger partial charge on any atom is -0.340 e. The molecule has 6 rings (SSSR count). The fraction of sp³-hybridized carbons (Fsp3) is 0.724. The molecule has 0 spiro atoms. The summed E-state index contributed by atoms with van der Waals surface area (Å²) < 4.78 is 28.6. The van der Waals surface area contributed by atoms with Gasteiger partial charge in [0.05, 0.1) is 4.90 Å². The third-order valence-corrected chi connectivity index (χ3v) is 11.5. The standard InChI is InChI=1S/C29H42N4O4S/c1-21-19-24-20-26(9-10-27(24)33(21)29(35)22-7-8-22)38(36,37)32-13-11-23(12-14-32)28(34)31-17-15-30(16-18-31)25-5-3-2-4-6-25/h9-10,20-23,25H,2-8,11-19H2,1H3/t21-/m0/s1. The third kappa shape index (κ3) is 5.02. The Hall–Kier alpha value is -1.97. The van der Waals surface area contributed by atoms with E-state index in [4.69, 9.17) is 0 Å². The first-order valence-corrected chi connectivity index (χ1v) is 16.3. The largest absolute Gasteiger partial charge is 0.340 e. The molecule has 3 heterocycles. The Kier molecular flexibility index (Phi) is 7.29. The Bertz CT molecular complexity index is 1160. The zero-order valence-electron chi connectivity index (χ0n) is 22.7. The van der Waals surface area contributed by atoms with E-state index >= 15 is 0 Å². The van der Waals surface area contributed by atoms with Gasteiger partial charge in [-0.3, -0.25) is 14.5 Å². The van der Waals surface area contributed by atoms with Gasteiger partial charge < -0.3 is 9.80 Å². The van der Waals surface area contributed by atoms with E-state index in [0.29, 0.717) is 43.3 Å². The molecular formula is C29H42N4O4S. The van der Waals surface area contributed by atoms with Crippen molar-refractivity contribution in [3.05, 3.63) is 23.8 Å². The lowest BCUT2D eigenvalue weighted by molar-refractivity contribution is -0.139. The molecule has 2 aliphatic carbocycles. The van der Waals surface area contributed by atoms with Crippen LogP contribution in [-0.4, -0.2) is 85.7 Å². The first-order chi connectivity index (χ1) is 18.3. The lowest BCUT2D eigenvalue weighted by atomic mass is 9.93. The Morgan fingerprint density at radius 3 is 2.11 bits per heavy atom. The number of hydrogen-bond acceptors (Lipinski definition) is 5. The van der Waals surface area contributed by atoms with Crippen molar-refractivity contribution in [2.75, 3.05) is 44.2 Å². The molecule has 1 atom stereocenters. The van der Waals surface area contributed by atoms with Crippen molar-refractivity contribution in [1.82, 2.24) is 14.1 Å². The average Bonchev–Trinajstić information content (AvgIpc) is 3.75. The molecular weight excluding hydrogens is 500 g/mol. The van der Waals surface area contributed by atoms with Gasteiger partial charge in [-0.2, -0.15) is 4.31 Å². The second-order valence-electron chi connectivity index (χ2n) is 12.2. The number of amides is 2. The van der Waals surface area contributed by atoms with Crippen LogP contribution in [0.4, 0.5) is 5.69 Å². The predicted octanol–water partition coefficient (Wildman–Crippen LogP) is 3.25. The van der Waals surface area contributed by atoms with Gasteiger partial charge in [0.2, 0.25) is 21.8 Å². The van der Waals surface area contributed by atoms with Gasteiger partial charge in [0.25, 0.3) is 0 Å². The highest BCUT2D eigenvalue weighted by atomic mass is 32.2. The number of sulfonamides is 1. The number of nitrogens with zero attached hydrogens (tertiary/aromatic N) is 4. The summed E-state index contributed by atoms with van der Waals surface area (Å²) in [6.45, 7) is 6.30. The van der Waals surface area contributed by atoms with Gasteiger partial charge in [-0.1, -0.05) is 19.3 Å². The van der Waals surface area contributed by atoms with Crippen LogP contribution in [0.2, 0.25) is 0 Å². The van der Waals surface area contributed by atoms with Crippen molar-refractivity contribution in [1.29, 1.82) is 0 Å². The zero-order valence-corrected chi connectivity index (χ0v) is 23.5. The molecule has 4 fully saturated rings. The summed E-state index contributed by atoms with van der Waals surface area (Å²) >= 11 is 0. The van der Waals surface area contributed by atoms with E-state index in [1.165, 1.54) is 32.1 Å². The maximum Gasteiger partial charge on any atom is 0.243 e. The third-order valence-electron chi connectivity index (χ3n) is 9.59. The van der Waals surface area contributed by atoms with Crippen LogP contribution in [0.15, 0.2) is 23.1 Å². The summed E-state index contributed by atoms with van der Waals surface area (Å²) in [4.78, 5) is 32.8. The first-order valence-electron chi connectivity index (χ1n) is 14.8. The number of rotatable bonds is 5. The van der Waals surface area contributed by atoms with Crippen LogP contribution in [0.3, 0.4) is 0 Å². The monoisotopic (exact) mass is 542 g/mol. The van der Waals surface area contributed by atoms with Crippen molar-refractivity contribution in [3.8, 4) is 0 Å². The summed E-state index contributed by atoms with van der Waals surface area (Å²) in [5, 5.41) is 0. The Morgan fingerprint density at radius 2 is 1.45 bits per heavy atom. The second kappa shape index (κ2) is 10.5. The zero-order chi connectivity index (χ0) is 26.4. The molecule has 0 aromatic heterocycles. The van der Waals surface area contributed by atoms with Gasteiger partial charge in [-0.25, -0.2) is 8.42 Å². The van der Waals surface area contributed by atoms with Crippen LogP contribution in [-0.2, 0) is 26.0 Å². The van der Waals surface area contributed by atoms with Crippen LogP contribution in [0.5, 0.6) is 0 Å². The van der Waals surface area contributed by atoms with Crippen LogP contribution in [0, 0.1) is 11.8 Å². The van der Waals surface area contributed by atoms with Gasteiger partial charge in [0.15, 0.2) is 0 Å². The molecule has 1 aromatic rings. The molecule has 2 saturated carbocycles. The van der Waals surface area contributed by atoms with E-state index in [2.05, 4.69) is 4.90 Å². The minimum absolute atomic E-state index is 0.0577. The SMILES string of the molecule is C[C@H]1Cc2cc(S(=O)(=O)N3CCC(C(=O)N4CCN(C5CCCCC5)CC4)CC3)ccc2N1C(=O)C1CC1. The van der Waals surface area contributed by atoms with Gasteiger partial charge in [-0.05, 0) is 75.6 Å². The van der Waals surface area contributed by atoms with Crippen molar-refractivity contribution >= 4 is 27.5 Å². The fourth-order valence-corrected chi connectivity index (χ4v) is 8.66. The normalized spacial score (nSPS) is 26.5. The maximum atomic E-state index is 13.5. The molecule has 0 bridgehead atoms. The van der Waals surface area contributed by atoms with Crippen LogP contribution < -0.4 is 4.90 Å². The molecule has 1 aromatic carbocycles. The Labute approximate surface area is 227 Å². The molecule has 38 heavy (non-hydrogen) atoms. The molecule has 8 nitrogen and oxygen atoms in total. The molecule has 2 amide bonds. The lowest BCUT2D eigenvalue weighted by Crippen LogP contribution is -2.54. The molecule has 9 heteroatoms. The highest BCUT2D eigenvalue weighted by molar-refractivity contribution is 7.89. The van der Waals surface area contributed by atoms with Gasteiger partial charge in [0, 0.05) is 68.9 Å². The molecule has 0 unspecified atom stereocenters. The van der Waals surface area contributed by atoms with Crippen molar-refractivity contribution in [2.24, 2.45) is 11.8 Å². The van der Waals surface area contributed by atoms with Crippen LogP contribution in [0.25, 0.3) is 0 Å². The van der Waals surface area contributed by atoms with Crippen molar-refractivity contribution < 1.29 is 18.0 Å². The van der Waals surface area contributed by atoms with E-state index in [1.807, 2.05) is 22.8 Å². The van der Waals surface area contributed by atoms with Crippen molar-refractivity contribution in [2.45, 2.75) is 88.1 Å². The molecule has 5 aliphatic rings. The number of piperazine rings is 1. The summed E-state index contributed by atoms with van der Waals surface area (Å²) in [7, 11) is -3.64. The molecule has 3 aliphatic heterocycles. The molecule has 208 valence electrons. The van der Waals surface area contributed by atoms with Crippen LogP contribution in [0.1, 0.15) is 70.3 Å². The van der Waals surface area contributed by atoms with Gasteiger partial charge in [0.1, 0.15) is 0 Å². The van der Waals surface area contributed by atoms with Gasteiger partial charge >= 0.3 is 0 Å². The van der Waals surface area contributed by atoms with Gasteiger partial charge in [-0.15, -0.1) is 0 Å². The summed E-state index contributed by atoms with van der Waals surface area (Å²) in [6.07, 6.45) is 10.3. The maximum absolute atomic E-state index is 13.5. The number of carbonyl (C=O) groups is 2. The van der Waals surface area contributed by atoms with Crippen molar-refractivity contribution in [3.63, 3.8) is 0 Å². The topological polar surface area (TPSA) is 81.2 Å². The van der Waals surface area contributed by atoms with E-state index in [1.54, 1.807) is 16.4 Å². The highest BCUT2D eigenvalue weighted by Gasteiger charge is 2.41. The first kappa shape index (κ1) is 26.3. The number of benzene rings is 1. The van der Waals surface area contributed by atoms with E-state index in [9.17, 15) is 18.0 Å². The van der Waals surface area contributed by atoms with E-state index in [0.717, 1.165) is 50.3 Å². The minimum atomic E-state index is -3.64. The summed E-state index contributed by atoms with van der Waals surface area (Å²) in [5.41, 5.74) is 1.80. The van der Waals surface area contributed by atoms with E-state index < -0.39 is 10.0 Å². The smallest absolute Gasteiger partial charge is 0.243 e. The molecule has 0 radical (unpaired) electrons. The quantitative estimate of drug-likeness (QED) is 0.571. The fourth-order valence-electron chi connectivity index (χ4n) is 7.13. The number of carbonyl (C=O) groups excluding carboxylic acids is 2. The average molecular weight is 543 g/mol. The predicted molar refractivity (Wildman–Crippen MR) is 146 cm³/mol. The number of piperidine rings is 1. The highest BCUT2D eigenvalue weighted by Crippen LogP contribution is 2.40. The Morgan fingerprint density at radius 1 is 0.789 bits per heavy atom. The lowest BCUT2D eigenvalue weighted by Gasteiger charge is -2.42. The van der Waals surface area contributed by atoms with E-state index in [-0.39, 0.29) is 29.7 Å². The Balaban J connectivity index is 1.04. The summed E-state index contributed by atoms with van der Waals surface area (Å²) in [5.74, 6) is 0.424. The number of fused-ring (bicyclic) bond motifs is 1.